The Balaban J connectivity index is -0.00000000500. The van der Waals surface area contributed by atoms with Crippen molar-refractivity contribution in [3.8, 4) is 0 Å². The van der Waals surface area contributed by atoms with Crippen LogP contribution in [0.3, 0.4) is 0 Å². The topological polar surface area (TPSA) is 17.1 Å². The minimum atomic E-state index is 0. The van der Waals surface area contributed by atoms with Gasteiger partial charge in [-0.3, -0.25) is 0 Å². The monoisotopic (exact) mass is 437 g/mol. The van der Waals surface area contributed by atoms with E-state index in [9.17, 15) is 0 Å². The van der Waals surface area contributed by atoms with Crippen molar-refractivity contribution in [2.24, 2.45) is 0 Å². The van der Waals surface area contributed by atoms with Crippen molar-refractivity contribution in [2.75, 3.05) is 0 Å². The zero-order valence-corrected chi connectivity index (χ0v) is 6.98. The summed E-state index contributed by atoms with van der Waals surface area (Å²) in [5.74, 6) is 0. The molecule has 0 amide bonds. The predicted octanol–water partition coefficient (Wildman–Crippen LogP) is -0.124. The predicted molar refractivity (Wildman–Crippen MR) is 0.686 cm³/mol. The van der Waals surface area contributed by atoms with Crippen LogP contribution in [0.1, 0.15) is 0 Å². The first kappa shape index (κ1) is 16.0. The summed E-state index contributed by atoms with van der Waals surface area (Å²) in [6.45, 7) is 0. The van der Waals surface area contributed by atoms with Crippen LogP contribution in [-0.4, -0.2) is 0 Å². The molecule has 0 aromatic carbocycles. The van der Waals surface area contributed by atoms with Crippen molar-refractivity contribution in [1.82, 2.24) is 0 Å². The van der Waals surface area contributed by atoms with Crippen molar-refractivity contribution in [3.63, 3.8) is 0 Å². The minimum absolute atomic E-state index is 0. The van der Waals surface area contributed by atoms with Crippen molar-refractivity contribution in [2.45, 2.75) is 0 Å². The molecule has 0 spiro atoms. The van der Waals surface area contributed by atoms with Crippen LogP contribution in [0.2, 0.25) is 0 Å². The van der Waals surface area contributed by atoms with Gasteiger partial charge in [0.1, 0.15) is 0 Å². The molecule has 0 heterocycles. The molecule has 0 saturated carbocycles. The van der Waals surface area contributed by atoms with Crippen molar-refractivity contribution < 1.29 is 87.2 Å². The molecular weight excluding hydrogens is 436 g/mol. The molecule has 0 saturated heterocycles. The van der Waals surface area contributed by atoms with Crippen LogP contribution in [0.15, 0.2) is 0 Å². The van der Waals surface area contributed by atoms with Gasteiger partial charge in [-0.1, -0.05) is 0 Å². The Bertz CT molecular complexity index is 8.00. The van der Waals surface area contributed by atoms with Crippen LogP contribution >= 0.6 is 0 Å². The van der Waals surface area contributed by atoms with Gasteiger partial charge in [0.15, 0.2) is 0 Å². The largest absolute Gasteiger partial charge is 0 e. The SMILES string of the molecule is [Cu].[O]=[W].[Yb]. The molecule has 0 aromatic rings. The first-order valence-electron chi connectivity index (χ1n) is 0.167. The Labute approximate surface area is 85.2 Å². The normalized spacial score (nSPS) is 1.00. The van der Waals surface area contributed by atoms with E-state index in [1.165, 1.54) is 0 Å². The molecule has 0 aliphatic carbocycles. The van der Waals surface area contributed by atoms with Gasteiger partial charge in [-0.2, -0.15) is 0 Å². The van der Waals surface area contributed by atoms with Crippen molar-refractivity contribution in [3.05, 3.63) is 0 Å². The standard InChI is InChI=1S/Cu.O.W.Yb. The van der Waals surface area contributed by atoms with E-state index in [1.54, 1.807) is 0 Å². The van der Waals surface area contributed by atoms with Gasteiger partial charge in [0.25, 0.3) is 0 Å². The van der Waals surface area contributed by atoms with E-state index in [1.807, 2.05) is 0 Å². The quantitative estimate of drug-likeness (QED) is 0.484. The molecule has 0 fully saturated rings. The summed E-state index contributed by atoms with van der Waals surface area (Å²) >= 11 is 0.333. The zero-order chi connectivity index (χ0) is 2.00. The summed E-state index contributed by atoms with van der Waals surface area (Å²) in [6, 6.07) is 0. The Morgan fingerprint density at radius 3 is 1.25 bits per heavy atom. The number of hydrogen-bond acceptors (Lipinski definition) is 1. The molecule has 0 atom stereocenters. The molecule has 0 aliphatic heterocycles. The minimum Gasteiger partial charge on any atom is 0 e. The third kappa shape index (κ3) is 8.82. The summed E-state index contributed by atoms with van der Waals surface area (Å²) in [4.78, 5) is 0. The van der Waals surface area contributed by atoms with Gasteiger partial charge in [-0.05, 0) is 0 Å². The smallest absolute Gasteiger partial charge is 0 e. The fraction of sp³-hybridized carbons (Fsp3) is 0. The van der Waals surface area contributed by atoms with E-state index in [-0.39, 0.29) is 64.0 Å². The maximum absolute atomic E-state index is 8.33. The second-order valence-corrected chi connectivity index (χ2v) is 0. The Morgan fingerprint density at radius 1 is 1.25 bits per heavy atom. The molecule has 0 aromatic heterocycles. The van der Waals surface area contributed by atoms with E-state index < -0.39 is 0 Å². The molecule has 37 valence electrons. The first-order valence-corrected chi connectivity index (χ1v) is 1.36. The average Bonchev–Trinajstić information content (AvgIpc) is 1.00. The van der Waals surface area contributed by atoms with Crippen LogP contribution in [0, 0.1) is 46.9 Å². The summed E-state index contributed by atoms with van der Waals surface area (Å²) in [6.07, 6.45) is 0. The van der Waals surface area contributed by atoms with E-state index in [2.05, 4.69) is 0 Å². The Kier molecular flexibility index (Phi) is 71.1. The van der Waals surface area contributed by atoms with E-state index in [0.717, 1.165) is 0 Å². The van der Waals surface area contributed by atoms with Crippen LogP contribution in [0.25, 0.3) is 0 Å². The molecule has 0 bridgehead atoms. The van der Waals surface area contributed by atoms with Crippen molar-refractivity contribution in [1.29, 1.82) is 0 Å². The maximum atomic E-state index is 8.33. The summed E-state index contributed by atoms with van der Waals surface area (Å²) < 4.78 is 8.33. The third-order valence-corrected chi connectivity index (χ3v) is 0. The second-order valence-electron chi connectivity index (χ2n) is 0. The van der Waals surface area contributed by atoms with Gasteiger partial charge in [-0.25, -0.2) is 0 Å². The third-order valence-electron chi connectivity index (χ3n) is 0. The molecule has 0 rings (SSSR count). The Morgan fingerprint density at radius 2 is 1.25 bits per heavy atom. The van der Waals surface area contributed by atoms with Crippen LogP contribution in [0.5, 0.6) is 0 Å². The first-order chi connectivity index (χ1) is 1.00. The molecule has 4 heavy (non-hydrogen) atoms. The van der Waals surface area contributed by atoms with Gasteiger partial charge in [0.05, 0.1) is 0 Å². The fourth-order valence-corrected chi connectivity index (χ4v) is 0. The van der Waals surface area contributed by atoms with Crippen molar-refractivity contribution >= 4 is 0 Å². The average molecular weight is 436 g/mol. The molecule has 1 nitrogen and oxygen atoms in total. The van der Waals surface area contributed by atoms with Crippen LogP contribution in [-0.2, 0) is 40.2 Å². The van der Waals surface area contributed by atoms with Crippen LogP contribution < -0.4 is 0 Å². The van der Waals surface area contributed by atoms with E-state index in [4.69, 9.17) is 3.40 Å². The van der Waals surface area contributed by atoms with Gasteiger partial charge < -0.3 is 0 Å². The Hall–Kier alpha value is 2.53. The fourth-order valence-electron chi connectivity index (χ4n) is 0. The van der Waals surface area contributed by atoms with E-state index >= 15 is 0 Å². The van der Waals surface area contributed by atoms with Gasteiger partial charge in [0, 0.05) is 64.0 Å². The molecule has 1 radical (unpaired) electrons. The van der Waals surface area contributed by atoms with Gasteiger partial charge >= 0.3 is 23.2 Å². The maximum Gasteiger partial charge on any atom is 0 e. The van der Waals surface area contributed by atoms with Gasteiger partial charge in [-0.15, -0.1) is 0 Å². The molecule has 0 N–H and O–H groups in total. The number of rotatable bonds is 0. The molecule has 0 unspecified atom stereocenters. The zero-order valence-electron chi connectivity index (χ0n) is 1.39. The summed E-state index contributed by atoms with van der Waals surface area (Å²) in [7, 11) is 0. The second kappa shape index (κ2) is 17.7. The van der Waals surface area contributed by atoms with E-state index in [0.29, 0.717) is 19.8 Å². The van der Waals surface area contributed by atoms with Crippen LogP contribution in [0.4, 0.5) is 0 Å². The van der Waals surface area contributed by atoms with Gasteiger partial charge in [0.2, 0.25) is 0 Å². The molecular formula is CuOWYb. The number of hydrogen-bond donors (Lipinski definition) is 0. The summed E-state index contributed by atoms with van der Waals surface area (Å²) in [5.41, 5.74) is 0. The summed E-state index contributed by atoms with van der Waals surface area (Å²) in [5, 5.41) is 0. The molecule has 4 heteroatoms. The molecule has 0 aliphatic rings.